The monoisotopic (exact) mass is 431 g/mol. The number of ether oxygens (including phenoxy) is 2. The van der Waals surface area contributed by atoms with Crippen LogP contribution in [0.1, 0.15) is 5.56 Å². The summed E-state index contributed by atoms with van der Waals surface area (Å²) in [5.41, 5.74) is 0.951. The summed E-state index contributed by atoms with van der Waals surface area (Å²) in [7, 11) is 0. The standard InChI is InChI=1S/C21H19F2N3O5/c22-21(23)31-15-7-5-14(6-8-15)9-10-24-18(27)12-30-19(28)11-26-13-25-17-4-2-1-3-16(17)20(26)29/h1-8,13,21H,9-12H2,(H,24,27). The first-order chi connectivity index (χ1) is 14.9. The summed E-state index contributed by atoms with van der Waals surface area (Å²) in [6.45, 7) is -3.48. The topological polar surface area (TPSA) is 99.5 Å². The van der Waals surface area contributed by atoms with Crippen LogP contribution in [0.4, 0.5) is 8.78 Å². The molecule has 2 aromatic carbocycles. The van der Waals surface area contributed by atoms with Gasteiger partial charge in [0.15, 0.2) is 6.61 Å². The number of amides is 1. The normalized spacial score (nSPS) is 10.8. The van der Waals surface area contributed by atoms with Crippen molar-refractivity contribution in [3.05, 3.63) is 70.8 Å². The number of para-hydroxylation sites is 1. The molecule has 1 amide bonds. The molecule has 3 aromatic rings. The van der Waals surface area contributed by atoms with E-state index in [1.807, 2.05) is 0 Å². The Morgan fingerprint density at radius 2 is 1.84 bits per heavy atom. The summed E-state index contributed by atoms with van der Waals surface area (Å²) in [5, 5.41) is 2.96. The Hall–Kier alpha value is -3.82. The van der Waals surface area contributed by atoms with Crippen LogP contribution >= 0.6 is 0 Å². The van der Waals surface area contributed by atoms with Crippen LogP contribution in [0.2, 0.25) is 0 Å². The highest BCUT2D eigenvalue weighted by Crippen LogP contribution is 2.15. The summed E-state index contributed by atoms with van der Waals surface area (Å²) in [4.78, 5) is 40.2. The number of carbonyl (C=O) groups excluding carboxylic acids is 2. The first kappa shape index (κ1) is 21.9. The summed E-state index contributed by atoms with van der Waals surface area (Å²) in [5.74, 6) is -1.20. The number of fused-ring (bicyclic) bond motifs is 1. The number of alkyl halides is 2. The van der Waals surface area contributed by atoms with Crippen LogP contribution in [-0.4, -0.2) is 41.2 Å². The molecule has 0 aliphatic heterocycles. The molecule has 0 aliphatic rings. The van der Waals surface area contributed by atoms with E-state index in [0.29, 0.717) is 17.3 Å². The molecule has 0 atom stereocenters. The molecule has 0 spiro atoms. The van der Waals surface area contributed by atoms with Gasteiger partial charge in [-0.3, -0.25) is 19.0 Å². The van der Waals surface area contributed by atoms with Crippen molar-refractivity contribution in [1.29, 1.82) is 0 Å². The van der Waals surface area contributed by atoms with E-state index in [1.165, 1.54) is 18.5 Å². The lowest BCUT2D eigenvalue weighted by molar-refractivity contribution is -0.149. The van der Waals surface area contributed by atoms with E-state index in [2.05, 4.69) is 15.0 Å². The van der Waals surface area contributed by atoms with Crippen LogP contribution in [-0.2, 0) is 27.3 Å². The number of halogens is 2. The van der Waals surface area contributed by atoms with Gasteiger partial charge >= 0.3 is 12.6 Å². The zero-order chi connectivity index (χ0) is 22.2. The maximum atomic E-state index is 12.3. The molecule has 31 heavy (non-hydrogen) atoms. The number of esters is 1. The number of hydrogen-bond acceptors (Lipinski definition) is 6. The Balaban J connectivity index is 1.41. The molecule has 0 unspecified atom stereocenters. The lowest BCUT2D eigenvalue weighted by Gasteiger charge is -2.09. The fraction of sp³-hybridized carbons (Fsp3) is 0.238. The maximum absolute atomic E-state index is 12.3. The van der Waals surface area contributed by atoms with Gasteiger partial charge in [-0.05, 0) is 36.2 Å². The van der Waals surface area contributed by atoms with Crippen LogP contribution in [0.25, 0.3) is 10.9 Å². The molecule has 162 valence electrons. The lowest BCUT2D eigenvalue weighted by atomic mass is 10.1. The Morgan fingerprint density at radius 1 is 1.10 bits per heavy atom. The fourth-order valence-electron chi connectivity index (χ4n) is 2.78. The smallest absolute Gasteiger partial charge is 0.387 e. The van der Waals surface area contributed by atoms with Crippen molar-refractivity contribution in [2.24, 2.45) is 0 Å². The van der Waals surface area contributed by atoms with E-state index in [1.54, 1.807) is 36.4 Å². The summed E-state index contributed by atoms with van der Waals surface area (Å²) < 4.78 is 34.5. The molecule has 1 N–H and O–H groups in total. The third-order valence-electron chi connectivity index (χ3n) is 4.28. The van der Waals surface area contributed by atoms with Gasteiger partial charge in [0.1, 0.15) is 12.3 Å². The van der Waals surface area contributed by atoms with E-state index in [9.17, 15) is 23.2 Å². The lowest BCUT2D eigenvalue weighted by Crippen LogP contribution is -2.32. The molecule has 0 saturated heterocycles. The van der Waals surface area contributed by atoms with Crippen LogP contribution in [0.3, 0.4) is 0 Å². The van der Waals surface area contributed by atoms with Crippen molar-refractivity contribution in [3.8, 4) is 5.75 Å². The van der Waals surface area contributed by atoms with Gasteiger partial charge in [0.2, 0.25) is 0 Å². The van der Waals surface area contributed by atoms with Gasteiger partial charge in [0.25, 0.3) is 11.5 Å². The average Bonchev–Trinajstić information content (AvgIpc) is 2.75. The average molecular weight is 431 g/mol. The predicted octanol–water partition coefficient (Wildman–Crippen LogP) is 1.90. The molecule has 0 saturated carbocycles. The van der Waals surface area contributed by atoms with Crippen molar-refractivity contribution in [3.63, 3.8) is 0 Å². The van der Waals surface area contributed by atoms with Gasteiger partial charge < -0.3 is 14.8 Å². The molecule has 1 heterocycles. The van der Waals surface area contributed by atoms with Gasteiger partial charge in [0.05, 0.1) is 17.2 Å². The van der Waals surface area contributed by atoms with E-state index in [0.717, 1.165) is 10.1 Å². The van der Waals surface area contributed by atoms with Gasteiger partial charge in [-0.2, -0.15) is 8.78 Å². The van der Waals surface area contributed by atoms with Crippen molar-refractivity contribution in [2.75, 3.05) is 13.2 Å². The Kier molecular flexibility index (Phi) is 7.26. The van der Waals surface area contributed by atoms with Crippen LogP contribution in [0.15, 0.2) is 59.7 Å². The molecule has 3 rings (SSSR count). The molecule has 0 bridgehead atoms. The van der Waals surface area contributed by atoms with Crippen molar-refractivity contribution >= 4 is 22.8 Å². The van der Waals surface area contributed by atoms with E-state index < -0.39 is 25.1 Å². The molecule has 8 nitrogen and oxygen atoms in total. The fourth-order valence-corrected chi connectivity index (χ4v) is 2.78. The van der Waals surface area contributed by atoms with Crippen molar-refractivity contribution < 1.29 is 27.8 Å². The van der Waals surface area contributed by atoms with Crippen LogP contribution in [0, 0.1) is 0 Å². The Bertz CT molecular complexity index is 1120. The highest BCUT2D eigenvalue weighted by molar-refractivity contribution is 5.81. The van der Waals surface area contributed by atoms with Crippen molar-refractivity contribution in [2.45, 2.75) is 19.6 Å². The second-order valence-corrected chi connectivity index (χ2v) is 6.48. The summed E-state index contributed by atoms with van der Waals surface area (Å²) >= 11 is 0. The zero-order valence-electron chi connectivity index (χ0n) is 16.3. The van der Waals surface area contributed by atoms with E-state index in [4.69, 9.17) is 4.74 Å². The third kappa shape index (κ3) is 6.33. The first-order valence-corrected chi connectivity index (χ1v) is 9.32. The SMILES string of the molecule is O=C(COC(=O)Cn1cnc2ccccc2c1=O)NCCc1ccc(OC(F)F)cc1. The van der Waals surface area contributed by atoms with Crippen molar-refractivity contribution in [1.82, 2.24) is 14.9 Å². The minimum Gasteiger partial charge on any atom is -0.454 e. The number of carbonyl (C=O) groups is 2. The van der Waals surface area contributed by atoms with Gasteiger partial charge in [-0.25, -0.2) is 4.98 Å². The van der Waals surface area contributed by atoms with Gasteiger partial charge in [-0.15, -0.1) is 0 Å². The second kappa shape index (κ2) is 10.3. The number of nitrogens with one attached hydrogen (secondary N) is 1. The number of rotatable bonds is 9. The predicted molar refractivity (Wildman–Crippen MR) is 107 cm³/mol. The summed E-state index contributed by atoms with van der Waals surface area (Å²) in [6, 6.07) is 12.8. The molecule has 0 aliphatic carbocycles. The molecule has 0 radical (unpaired) electrons. The largest absolute Gasteiger partial charge is 0.454 e. The Morgan fingerprint density at radius 3 is 2.58 bits per heavy atom. The van der Waals surface area contributed by atoms with E-state index in [-0.39, 0.29) is 24.4 Å². The molecular weight excluding hydrogens is 412 g/mol. The second-order valence-electron chi connectivity index (χ2n) is 6.48. The van der Waals surface area contributed by atoms with Gasteiger partial charge in [0, 0.05) is 6.54 Å². The first-order valence-electron chi connectivity index (χ1n) is 9.32. The molecule has 10 heteroatoms. The minimum atomic E-state index is -2.89. The molecular formula is C21H19F2N3O5. The number of benzene rings is 2. The Labute approximate surface area is 175 Å². The molecule has 1 aromatic heterocycles. The number of nitrogens with zero attached hydrogens (tertiary/aromatic N) is 2. The van der Waals surface area contributed by atoms with E-state index >= 15 is 0 Å². The highest BCUT2D eigenvalue weighted by Gasteiger charge is 2.11. The van der Waals surface area contributed by atoms with Crippen LogP contribution in [0.5, 0.6) is 5.75 Å². The minimum absolute atomic E-state index is 0.0513. The number of hydrogen-bond donors (Lipinski definition) is 1. The third-order valence-corrected chi connectivity index (χ3v) is 4.28. The quantitative estimate of drug-likeness (QED) is 0.520. The van der Waals surface area contributed by atoms with Gasteiger partial charge in [-0.1, -0.05) is 24.3 Å². The highest BCUT2D eigenvalue weighted by atomic mass is 19.3. The number of aromatic nitrogens is 2. The molecule has 0 fully saturated rings. The zero-order valence-corrected chi connectivity index (χ0v) is 16.3. The summed E-state index contributed by atoms with van der Waals surface area (Å²) in [6.07, 6.45) is 1.70. The van der Waals surface area contributed by atoms with Crippen LogP contribution < -0.4 is 15.6 Å². The maximum Gasteiger partial charge on any atom is 0.387 e.